The average Bonchev–Trinajstić information content (AvgIpc) is 2.20. The maximum Gasteiger partial charge on any atom is 0.0430 e. The summed E-state index contributed by atoms with van der Waals surface area (Å²) in [6, 6.07) is 0.853. The third-order valence-corrected chi connectivity index (χ3v) is 3.23. The van der Waals surface area contributed by atoms with Gasteiger partial charge in [-0.15, -0.1) is 0 Å². The van der Waals surface area contributed by atoms with Crippen molar-refractivity contribution in [1.29, 1.82) is 0 Å². The van der Waals surface area contributed by atoms with Gasteiger partial charge in [-0.25, -0.2) is 0 Å². The van der Waals surface area contributed by atoms with E-state index in [-0.39, 0.29) is 0 Å². The zero-order chi connectivity index (χ0) is 11.5. The summed E-state index contributed by atoms with van der Waals surface area (Å²) in [5.74, 6) is 1.00. The van der Waals surface area contributed by atoms with Crippen molar-refractivity contribution in [3.8, 4) is 0 Å². The Hall–Kier alpha value is -0.0800. The molecule has 0 aromatic carbocycles. The van der Waals surface area contributed by atoms with Crippen molar-refractivity contribution in [2.45, 2.75) is 64.8 Å². The highest BCUT2D eigenvalue weighted by Gasteiger charge is 2.27. The monoisotopic (exact) mass is 215 g/mol. The van der Waals surface area contributed by atoms with Crippen molar-refractivity contribution in [3.63, 3.8) is 0 Å². The Kier molecular flexibility index (Phi) is 10.4. The van der Waals surface area contributed by atoms with Crippen molar-refractivity contribution in [1.82, 2.24) is 5.32 Å². The highest BCUT2D eigenvalue weighted by Crippen LogP contribution is 2.31. The van der Waals surface area contributed by atoms with E-state index in [1.165, 1.54) is 32.1 Å². The first-order valence-electron chi connectivity index (χ1n) is 6.58. The highest BCUT2D eigenvalue weighted by molar-refractivity contribution is 4.85. The van der Waals surface area contributed by atoms with Crippen LogP contribution in [0.1, 0.15) is 58.8 Å². The molecule has 0 aromatic rings. The van der Waals surface area contributed by atoms with Crippen LogP contribution in [0.5, 0.6) is 0 Å². The number of unbranched alkanes of at least 4 members (excludes halogenated alkanes) is 2. The molecule has 0 heterocycles. The summed E-state index contributed by atoms with van der Waals surface area (Å²) < 4.78 is 0. The Morgan fingerprint density at radius 1 is 1.13 bits per heavy atom. The van der Waals surface area contributed by atoms with Crippen molar-refractivity contribution < 1.29 is 5.11 Å². The van der Waals surface area contributed by atoms with E-state index in [4.69, 9.17) is 5.11 Å². The molecule has 2 heteroatoms. The summed E-state index contributed by atoms with van der Waals surface area (Å²) in [6.45, 7) is 4.67. The van der Waals surface area contributed by atoms with Crippen LogP contribution in [0.2, 0.25) is 0 Å². The normalized spacial score (nSPS) is 24.0. The van der Waals surface area contributed by atoms with Gasteiger partial charge in [-0.2, -0.15) is 0 Å². The van der Waals surface area contributed by atoms with E-state index in [0.29, 0.717) is 6.61 Å². The fraction of sp³-hybridized carbons (Fsp3) is 1.00. The zero-order valence-corrected chi connectivity index (χ0v) is 10.8. The van der Waals surface area contributed by atoms with E-state index in [2.05, 4.69) is 26.2 Å². The average molecular weight is 215 g/mol. The van der Waals surface area contributed by atoms with E-state index in [0.717, 1.165) is 24.8 Å². The third-order valence-electron chi connectivity index (χ3n) is 3.23. The Bertz CT molecular complexity index is 124. The SMILES string of the molecule is CCCCC1CCC1NC.CCCCO. The van der Waals surface area contributed by atoms with Gasteiger partial charge >= 0.3 is 0 Å². The van der Waals surface area contributed by atoms with Crippen LogP contribution in [0.15, 0.2) is 0 Å². The molecule has 0 spiro atoms. The lowest BCUT2D eigenvalue weighted by molar-refractivity contribution is 0.204. The molecule has 1 aliphatic carbocycles. The van der Waals surface area contributed by atoms with Gasteiger partial charge in [0, 0.05) is 12.6 Å². The lowest BCUT2D eigenvalue weighted by atomic mass is 9.77. The van der Waals surface area contributed by atoms with Crippen LogP contribution in [0.4, 0.5) is 0 Å². The van der Waals surface area contributed by atoms with Gasteiger partial charge in [0.15, 0.2) is 0 Å². The van der Waals surface area contributed by atoms with Crippen molar-refractivity contribution in [3.05, 3.63) is 0 Å². The Morgan fingerprint density at radius 3 is 2.07 bits per heavy atom. The number of nitrogens with one attached hydrogen (secondary N) is 1. The van der Waals surface area contributed by atoms with Crippen LogP contribution in [0, 0.1) is 5.92 Å². The second-order valence-corrected chi connectivity index (χ2v) is 4.45. The number of hydrogen-bond acceptors (Lipinski definition) is 2. The second kappa shape index (κ2) is 10.4. The molecular weight excluding hydrogens is 186 g/mol. The van der Waals surface area contributed by atoms with E-state index in [1.807, 2.05) is 0 Å². The van der Waals surface area contributed by atoms with Gasteiger partial charge in [-0.1, -0.05) is 33.1 Å². The lowest BCUT2D eigenvalue weighted by Crippen LogP contribution is -2.41. The van der Waals surface area contributed by atoms with Crippen LogP contribution in [-0.4, -0.2) is 24.8 Å². The highest BCUT2D eigenvalue weighted by atomic mass is 16.2. The Labute approximate surface area is 95.5 Å². The number of aliphatic hydroxyl groups is 1. The maximum atomic E-state index is 8.07. The number of aliphatic hydroxyl groups excluding tert-OH is 1. The van der Waals surface area contributed by atoms with Gasteiger partial charge in [0.1, 0.15) is 0 Å². The summed E-state index contributed by atoms with van der Waals surface area (Å²) in [6.07, 6.45) is 9.13. The van der Waals surface area contributed by atoms with Crippen LogP contribution < -0.4 is 5.32 Å². The first-order valence-corrected chi connectivity index (χ1v) is 6.58. The lowest BCUT2D eigenvalue weighted by Gasteiger charge is -2.36. The molecule has 0 aromatic heterocycles. The van der Waals surface area contributed by atoms with Crippen LogP contribution in [0.25, 0.3) is 0 Å². The van der Waals surface area contributed by atoms with Crippen molar-refractivity contribution in [2.24, 2.45) is 5.92 Å². The summed E-state index contributed by atoms with van der Waals surface area (Å²) in [5, 5.41) is 11.4. The van der Waals surface area contributed by atoms with E-state index >= 15 is 0 Å². The molecule has 0 radical (unpaired) electrons. The summed E-state index contributed by atoms with van der Waals surface area (Å²) in [5.41, 5.74) is 0. The van der Waals surface area contributed by atoms with E-state index in [9.17, 15) is 0 Å². The van der Waals surface area contributed by atoms with Crippen LogP contribution in [0.3, 0.4) is 0 Å². The first-order chi connectivity index (χ1) is 7.29. The molecule has 92 valence electrons. The van der Waals surface area contributed by atoms with Crippen molar-refractivity contribution in [2.75, 3.05) is 13.7 Å². The van der Waals surface area contributed by atoms with E-state index in [1.54, 1.807) is 0 Å². The topological polar surface area (TPSA) is 32.3 Å². The van der Waals surface area contributed by atoms with Gasteiger partial charge in [-0.05, 0) is 38.6 Å². The van der Waals surface area contributed by atoms with Gasteiger partial charge in [0.2, 0.25) is 0 Å². The molecule has 0 bridgehead atoms. The molecule has 0 amide bonds. The van der Waals surface area contributed by atoms with Gasteiger partial charge in [-0.3, -0.25) is 0 Å². The van der Waals surface area contributed by atoms with E-state index < -0.39 is 0 Å². The third kappa shape index (κ3) is 6.91. The molecule has 15 heavy (non-hydrogen) atoms. The summed E-state index contributed by atoms with van der Waals surface area (Å²) in [4.78, 5) is 0. The van der Waals surface area contributed by atoms with Gasteiger partial charge < -0.3 is 10.4 Å². The maximum absolute atomic E-state index is 8.07. The largest absolute Gasteiger partial charge is 0.396 e. The molecule has 0 saturated heterocycles. The Morgan fingerprint density at radius 2 is 1.80 bits per heavy atom. The minimum absolute atomic E-state index is 0.344. The fourth-order valence-electron chi connectivity index (χ4n) is 1.92. The molecule has 1 aliphatic rings. The molecule has 2 unspecified atom stereocenters. The van der Waals surface area contributed by atoms with Gasteiger partial charge in [0.05, 0.1) is 0 Å². The molecule has 1 fully saturated rings. The number of rotatable bonds is 6. The first kappa shape index (κ1) is 14.9. The quantitative estimate of drug-likeness (QED) is 0.714. The van der Waals surface area contributed by atoms with Gasteiger partial charge in [0.25, 0.3) is 0 Å². The van der Waals surface area contributed by atoms with Crippen LogP contribution in [-0.2, 0) is 0 Å². The smallest absolute Gasteiger partial charge is 0.0430 e. The second-order valence-electron chi connectivity index (χ2n) is 4.45. The predicted molar refractivity (Wildman–Crippen MR) is 67.1 cm³/mol. The zero-order valence-electron chi connectivity index (χ0n) is 10.8. The summed E-state index contributed by atoms with van der Waals surface area (Å²) in [7, 11) is 2.09. The molecule has 1 rings (SSSR count). The predicted octanol–water partition coefficient (Wildman–Crippen LogP) is 2.95. The molecule has 2 atom stereocenters. The van der Waals surface area contributed by atoms with Crippen molar-refractivity contribution >= 4 is 0 Å². The molecule has 0 aliphatic heterocycles. The molecule has 2 N–H and O–H groups in total. The summed E-state index contributed by atoms with van der Waals surface area (Å²) >= 11 is 0. The molecule has 1 saturated carbocycles. The minimum Gasteiger partial charge on any atom is -0.396 e. The molecule has 2 nitrogen and oxygen atoms in total. The Balaban J connectivity index is 0.000000336. The standard InChI is InChI=1S/C9H19N.C4H10O/c1-3-4-5-8-6-7-9(8)10-2;1-2-3-4-5/h8-10H,3-7H2,1-2H3;5H,2-4H2,1H3. The van der Waals surface area contributed by atoms with Crippen LogP contribution >= 0.6 is 0 Å². The minimum atomic E-state index is 0.344. The fourth-order valence-corrected chi connectivity index (χ4v) is 1.92. The number of hydrogen-bond donors (Lipinski definition) is 2. The molecular formula is C13H29NO.